The van der Waals surface area contributed by atoms with Gasteiger partial charge in [-0.2, -0.15) is 0 Å². The number of amides is 1. The lowest BCUT2D eigenvalue weighted by atomic mass is 9.39. The Morgan fingerprint density at radius 1 is 1.02 bits per heavy atom. The highest BCUT2D eigenvalue weighted by molar-refractivity contribution is 7.90. The number of nitro benzene ring substituents is 1. The van der Waals surface area contributed by atoms with Gasteiger partial charge >= 0.3 is 5.69 Å². The van der Waals surface area contributed by atoms with Gasteiger partial charge in [0.05, 0.1) is 21.6 Å². The minimum atomic E-state index is -4.56. The largest absolute Gasteiger partial charge is 0.483 e. The SMILES string of the molecule is CN1CCC(Oc2ccc(S(=O)(=O)NC(=O)c3ccc(N4CCN(CC5=C(C67CC(Cl)(C6)C7)CC(C)(C)CC5)CC4)cc3Oc3cnc4[nH]ccc4c3)cc2[N+](=O)[O-])CC1. The number of allylic oxidation sites excluding steroid dienone is 1. The van der Waals surface area contributed by atoms with Gasteiger partial charge in [-0.3, -0.25) is 19.8 Å². The van der Waals surface area contributed by atoms with Crippen LogP contribution in [0.4, 0.5) is 11.4 Å². The van der Waals surface area contributed by atoms with Gasteiger partial charge in [-0.1, -0.05) is 25.0 Å². The van der Waals surface area contributed by atoms with Gasteiger partial charge in [-0.15, -0.1) is 11.6 Å². The van der Waals surface area contributed by atoms with E-state index in [-0.39, 0.29) is 28.0 Å². The normalized spacial score (nSPS) is 24.8. The molecule has 4 aromatic rings. The average molecular weight is 858 g/mol. The summed E-state index contributed by atoms with van der Waals surface area (Å²) in [6.07, 6.45) is 11.3. The van der Waals surface area contributed by atoms with E-state index in [1.807, 2.05) is 13.1 Å². The molecule has 60 heavy (non-hydrogen) atoms. The number of benzene rings is 2. The number of nitrogens with zero attached hydrogens (tertiary/aromatic N) is 5. The van der Waals surface area contributed by atoms with Crippen LogP contribution in [-0.4, -0.2) is 103 Å². The first-order valence-electron chi connectivity index (χ1n) is 20.9. The number of piperidine rings is 1. The van der Waals surface area contributed by atoms with E-state index in [0.29, 0.717) is 35.1 Å². The van der Waals surface area contributed by atoms with E-state index >= 15 is 0 Å². The number of alkyl halides is 1. The van der Waals surface area contributed by atoms with E-state index in [9.17, 15) is 23.3 Å². The standard InChI is InChI=1S/C44H52ClN7O7S/c1-42(2)12-8-30(36(23-42)43-26-44(45,27-43)28-43)25-50-16-18-51(19-17-50)31-4-6-35(39(21-31)59-33-20-29-9-13-46-40(29)47-24-33)41(53)48-60(56,57)34-5-7-38(37(22-34)52(54)55)58-32-10-14-49(3)15-11-32/h4-7,9,13,20-22,24,32H,8,10-12,14-19,23,25-28H2,1-3H3,(H,46,47)(H,48,53). The highest BCUT2D eigenvalue weighted by Gasteiger charge is 2.69. The van der Waals surface area contributed by atoms with Gasteiger partial charge in [-0.05, 0) is 106 Å². The molecule has 2 saturated heterocycles. The average Bonchev–Trinajstić information content (AvgIpc) is 3.66. The van der Waals surface area contributed by atoms with E-state index in [1.54, 1.807) is 41.6 Å². The summed E-state index contributed by atoms with van der Waals surface area (Å²) in [6, 6.07) is 12.2. The number of nitro groups is 1. The van der Waals surface area contributed by atoms with Crippen LogP contribution in [0.5, 0.6) is 17.2 Å². The molecule has 4 heterocycles. The first kappa shape index (κ1) is 40.7. The molecule has 318 valence electrons. The fourth-order valence-corrected chi connectivity index (χ4v) is 11.7. The number of pyridine rings is 1. The Kier molecular flexibility index (Phi) is 10.4. The van der Waals surface area contributed by atoms with E-state index in [4.69, 9.17) is 21.1 Å². The lowest BCUT2D eigenvalue weighted by molar-refractivity contribution is -0.386. The minimum absolute atomic E-state index is 0.0191. The molecule has 0 spiro atoms. The van der Waals surface area contributed by atoms with Crippen molar-refractivity contribution in [2.45, 2.75) is 81.1 Å². The monoisotopic (exact) mass is 857 g/mol. The summed E-state index contributed by atoms with van der Waals surface area (Å²) in [5.74, 6) is -0.466. The number of ether oxygens (including phenoxy) is 2. The molecule has 0 unspecified atom stereocenters. The van der Waals surface area contributed by atoms with Crippen molar-refractivity contribution in [3.63, 3.8) is 0 Å². The van der Waals surface area contributed by atoms with Crippen molar-refractivity contribution in [3.8, 4) is 17.2 Å². The van der Waals surface area contributed by atoms with Crippen LogP contribution in [0.1, 0.15) is 75.6 Å². The molecule has 10 rings (SSSR count). The maximum Gasteiger partial charge on any atom is 0.312 e. The third-order valence-electron chi connectivity index (χ3n) is 13.4. The quantitative estimate of drug-likeness (QED) is 0.0623. The van der Waals surface area contributed by atoms with Crippen molar-refractivity contribution in [1.82, 2.24) is 24.5 Å². The number of carbonyl (C=O) groups excluding carboxylic acids is 1. The number of nitrogens with one attached hydrogen (secondary N) is 2. The molecule has 2 aromatic heterocycles. The van der Waals surface area contributed by atoms with Crippen LogP contribution in [0.2, 0.25) is 0 Å². The van der Waals surface area contributed by atoms with Gasteiger partial charge in [0.1, 0.15) is 23.3 Å². The number of hydrogen-bond donors (Lipinski definition) is 2. The highest BCUT2D eigenvalue weighted by Crippen LogP contribution is 2.75. The molecule has 2 aliphatic heterocycles. The lowest BCUT2D eigenvalue weighted by Gasteiger charge is -2.70. The summed E-state index contributed by atoms with van der Waals surface area (Å²) in [5, 5.41) is 12.9. The molecule has 0 atom stereocenters. The predicted molar refractivity (Wildman–Crippen MR) is 230 cm³/mol. The second kappa shape index (κ2) is 15.3. The minimum Gasteiger partial charge on any atom is -0.483 e. The molecule has 14 nitrogen and oxygen atoms in total. The zero-order valence-electron chi connectivity index (χ0n) is 34.3. The van der Waals surface area contributed by atoms with Crippen molar-refractivity contribution < 1.29 is 27.6 Å². The summed E-state index contributed by atoms with van der Waals surface area (Å²) in [6.45, 7) is 10.6. The van der Waals surface area contributed by atoms with Gasteiger partial charge in [0, 0.05) is 80.1 Å². The highest BCUT2D eigenvalue weighted by atomic mass is 35.5. The number of aromatic nitrogens is 2. The van der Waals surface area contributed by atoms with Crippen molar-refractivity contribution in [1.29, 1.82) is 0 Å². The van der Waals surface area contributed by atoms with Crippen LogP contribution in [0.25, 0.3) is 11.0 Å². The summed E-state index contributed by atoms with van der Waals surface area (Å²) < 4.78 is 41.7. The Bertz CT molecular complexity index is 2470. The number of aromatic amines is 1. The Morgan fingerprint density at radius 3 is 2.48 bits per heavy atom. The third-order valence-corrected chi connectivity index (χ3v) is 15.1. The lowest BCUT2D eigenvalue weighted by Crippen LogP contribution is -2.65. The number of H-pyrrole nitrogens is 1. The number of carbonyl (C=O) groups is 1. The molecule has 1 amide bonds. The number of sulfonamides is 1. The number of hydrogen-bond acceptors (Lipinski definition) is 11. The topological polar surface area (TPSA) is 163 Å². The molecule has 5 fully saturated rings. The fourth-order valence-electron chi connectivity index (χ4n) is 9.99. The molecule has 2 N–H and O–H groups in total. The smallest absolute Gasteiger partial charge is 0.312 e. The Labute approximate surface area is 355 Å². The number of halogens is 1. The number of piperazine rings is 1. The van der Waals surface area contributed by atoms with E-state index in [2.05, 4.69) is 43.2 Å². The number of fused-ring (bicyclic) bond motifs is 1. The van der Waals surface area contributed by atoms with Crippen LogP contribution in [0.15, 0.2) is 77.0 Å². The summed E-state index contributed by atoms with van der Waals surface area (Å²) >= 11 is 6.74. The van der Waals surface area contributed by atoms with E-state index in [0.717, 1.165) is 95.1 Å². The third kappa shape index (κ3) is 8.08. The van der Waals surface area contributed by atoms with Crippen molar-refractivity contribution in [2.24, 2.45) is 10.8 Å². The van der Waals surface area contributed by atoms with Gasteiger partial charge in [0.2, 0.25) is 0 Å². The van der Waals surface area contributed by atoms with Gasteiger partial charge in [0.25, 0.3) is 15.9 Å². The summed E-state index contributed by atoms with van der Waals surface area (Å²) in [4.78, 5) is 39.3. The van der Waals surface area contributed by atoms with Gasteiger partial charge in [0.15, 0.2) is 5.75 Å². The maximum atomic E-state index is 13.9. The number of anilines is 1. The molecule has 6 aliphatic rings. The van der Waals surface area contributed by atoms with Gasteiger partial charge < -0.3 is 24.3 Å². The first-order chi connectivity index (χ1) is 28.6. The van der Waals surface area contributed by atoms with E-state index in [1.165, 1.54) is 24.8 Å². The van der Waals surface area contributed by atoms with Crippen molar-refractivity contribution >= 4 is 49.9 Å². The van der Waals surface area contributed by atoms with Crippen LogP contribution >= 0.6 is 11.6 Å². The molecule has 3 saturated carbocycles. The zero-order chi connectivity index (χ0) is 42.0. The maximum absolute atomic E-state index is 13.9. The Hall–Kier alpha value is -4.70. The summed E-state index contributed by atoms with van der Waals surface area (Å²) in [7, 11) is -2.57. The van der Waals surface area contributed by atoms with Crippen LogP contribution in [-0.2, 0) is 10.0 Å². The van der Waals surface area contributed by atoms with Crippen LogP contribution in [0.3, 0.4) is 0 Å². The molecular weight excluding hydrogens is 806 g/mol. The Balaban J connectivity index is 0.928. The first-order valence-corrected chi connectivity index (χ1v) is 22.8. The molecule has 0 radical (unpaired) electrons. The van der Waals surface area contributed by atoms with E-state index < -0.39 is 31.4 Å². The second-order valence-electron chi connectivity index (χ2n) is 18.5. The number of likely N-dealkylation sites (tertiary alicyclic amines) is 1. The predicted octanol–water partition coefficient (Wildman–Crippen LogP) is 7.65. The molecule has 4 aliphatic carbocycles. The molecule has 2 bridgehead atoms. The molecule has 2 aromatic carbocycles. The second-order valence-corrected chi connectivity index (χ2v) is 20.9. The zero-order valence-corrected chi connectivity index (χ0v) is 35.9. The Morgan fingerprint density at radius 2 is 1.77 bits per heavy atom. The van der Waals surface area contributed by atoms with Gasteiger partial charge in [-0.25, -0.2) is 18.1 Å². The number of rotatable bonds is 12. The summed E-state index contributed by atoms with van der Waals surface area (Å²) in [5.41, 5.74) is 4.91. The fraction of sp³-hybridized carbons (Fsp3) is 0.500. The van der Waals surface area contributed by atoms with Crippen molar-refractivity contribution in [2.75, 3.05) is 57.8 Å². The van der Waals surface area contributed by atoms with Crippen LogP contribution in [0, 0.1) is 20.9 Å². The molecule has 16 heteroatoms. The van der Waals surface area contributed by atoms with Crippen LogP contribution < -0.4 is 19.1 Å². The van der Waals surface area contributed by atoms with Crippen molar-refractivity contribution in [3.05, 3.63) is 87.7 Å². The molecular formula is C44H52ClN7O7S.